The lowest BCUT2D eigenvalue weighted by Gasteiger charge is -2.32. The van der Waals surface area contributed by atoms with E-state index in [0.29, 0.717) is 18.3 Å². The number of piperidine rings is 1. The lowest BCUT2D eigenvalue weighted by atomic mass is 9.93. The summed E-state index contributed by atoms with van der Waals surface area (Å²) < 4.78 is 4.46. The quantitative estimate of drug-likeness (QED) is 0.820. The van der Waals surface area contributed by atoms with Gasteiger partial charge in [-0.05, 0) is 36.8 Å². The number of aromatic nitrogens is 2. The van der Waals surface area contributed by atoms with Gasteiger partial charge in [-0.25, -0.2) is 4.98 Å². The van der Waals surface area contributed by atoms with Gasteiger partial charge < -0.3 is 9.80 Å². The van der Waals surface area contributed by atoms with Crippen LogP contribution in [-0.4, -0.2) is 34.9 Å². The molecule has 1 saturated heterocycles. The normalized spacial score (nSPS) is 17.8. The molecule has 0 atom stereocenters. The van der Waals surface area contributed by atoms with E-state index >= 15 is 0 Å². The van der Waals surface area contributed by atoms with Crippen LogP contribution in [0.3, 0.4) is 0 Å². The van der Waals surface area contributed by atoms with Crippen molar-refractivity contribution in [2.45, 2.75) is 45.4 Å². The lowest BCUT2D eigenvalue weighted by molar-refractivity contribution is -0.119. The monoisotopic (exact) mass is 370 g/mol. The second-order valence-corrected chi connectivity index (χ2v) is 8.38. The fourth-order valence-corrected chi connectivity index (χ4v) is 4.73. The van der Waals surface area contributed by atoms with E-state index in [2.05, 4.69) is 46.3 Å². The third-order valence-corrected chi connectivity index (χ3v) is 6.28. The van der Waals surface area contributed by atoms with Gasteiger partial charge >= 0.3 is 0 Å². The molecule has 2 aliphatic heterocycles. The van der Waals surface area contributed by atoms with Crippen LogP contribution in [0, 0.1) is 5.92 Å². The van der Waals surface area contributed by atoms with Gasteiger partial charge in [-0.3, -0.25) is 4.79 Å². The van der Waals surface area contributed by atoms with Crippen LogP contribution in [0.1, 0.15) is 50.4 Å². The Bertz CT molecular complexity index is 780. The summed E-state index contributed by atoms with van der Waals surface area (Å²) in [7, 11) is 0. The molecule has 0 radical (unpaired) electrons. The lowest BCUT2D eigenvalue weighted by Crippen LogP contribution is -2.37. The van der Waals surface area contributed by atoms with Crippen molar-refractivity contribution in [1.82, 2.24) is 9.36 Å². The SMILES string of the molecule is CC(C)c1nsc(N2CCC(CC(=O)N3CCc4ccccc43)CC2)n1. The van der Waals surface area contributed by atoms with Crippen LogP contribution in [0.15, 0.2) is 24.3 Å². The summed E-state index contributed by atoms with van der Waals surface area (Å²) in [4.78, 5) is 21.8. The van der Waals surface area contributed by atoms with E-state index in [-0.39, 0.29) is 5.91 Å². The van der Waals surface area contributed by atoms with Gasteiger partial charge in [0, 0.05) is 49.2 Å². The van der Waals surface area contributed by atoms with Crippen LogP contribution >= 0.6 is 11.5 Å². The topological polar surface area (TPSA) is 49.3 Å². The number of hydrogen-bond acceptors (Lipinski definition) is 5. The van der Waals surface area contributed by atoms with Crippen molar-refractivity contribution in [3.05, 3.63) is 35.7 Å². The molecule has 5 nitrogen and oxygen atoms in total. The predicted molar refractivity (Wildman–Crippen MR) is 106 cm³/mol. The molecule has 1 aromatic carbocycles. The first-order valence-corrected chi connectivity index (χ1v) is 10.4. The Morgan fingerprint density at radius 2 is 2.00 bits per heavy atom. The smallest absolute Gasteiger partial charge is 0.227 e. The van der Waals surface area contributed by atoms with Crippen molar-refractivity contribution in [1.29, 1.82) is 0 Å². The molecule has 138 valence electrons. The number of nitrogens with zero attached hydrogens (tertiary/aromatic N) is 4. The number of fused-ring (bicyclic) bond motifs is 1. The standard InChI is InChI=1S/C20H26N4OS/c1-14(2)19-21-20(26-22-19)23-10-7-15(8-11-23)13-18(25)24-12-9-16-5-3-4-6-17(16)24/h3-6,14-15H,7-13H2,1-2H3. The molecule has 0 saturated carbocycles. The molecule has 3 heterocycles. The Morgan fingerprint density at radius 1 is 1.23 bits per heavy atom. The summed E-state index contributed by atoms with van der Waals surface area (Å²) in [6, 6.07) is 8.29. The molecule has 2 aromatic rings. The Labute approximate surface area is 159 Å². The Morgan fingerprint density at radius 3 is 2.73 bits per heavy atom. The van der Waals surface area contributed by atoms with Gasteiger partial charge in [0.25, 0.3) is 0 Å². The third kappa shape index (κ3) is 3.47. The van der Waals surface area contributed by atoms with Gasteiger partial charge in [-0.2, -0.15) is 4.37 Å². The molecule has 0 bridgehead atoms. The van der Waals surface area contributed by atoms with Crippen LogP contribution < -0.4 is 9.80 Å². The highest BCUT2D eigenvalue weighted by Crippen LogP contribution is 2.31. The summed E-state index contributed by atoms with van der Waals surface area (Å²) in [5, 5.41) is 1.03. The number of rotatable bonds is 4. The first-order valence-electron chi connectivity index (χ1n) is 9.58. The van der Waals surface area contributed by atoms with E-state index in [1.165, 1.54) is 17.1 Å². The maximum absolute atomic E-state index is 12.8. The summed E-state index contributed by atoms with van der Waals surface area (Å²) in [5.41, 5.74) is 2.41. The number of benzene rings is 1. The van der Waals surface area contributed by atoms with Gasteiger partial charge in [0.1, 0.15) is 5.82 Å². The van der Waals surface area contributed by atoms with E-state index in [9.17, 15) is 4.79 Å². The van der Waals surface area contributed by atoms with Crippen molar-refractivity contribution < 1.29 is 4.79 Å². The number of anilines is 2. The summed E-state index contributed by atoms with van der Waals surface area (Å²) in [6.07, 6.45) is 3.75. The second-order valence-electron chi connectivity index (χ2n) is 7.65. The van der Waals surface area contributed by atoms with E-state index in [4.69, 9.17) is 0 Å². The average Bonchev–Trinajstić information content (AvgIpc) is 3.30. The number of carbonyl (C=O) groups excluding carboxylic acids is 1. The molecule has 26 heavy (non-hydrogen) atoms. The first-order chi connectivity index (χ1) is 12.6. The van der Waals surface area contributed by atoms with Crippen molar-refractivity contribution in [2.75, 3.05) is 29.4 Å². The molecule has 4 rings (SSSR count). The molecule has 2 aliphatic rings. The van der Waals surface area contributed by atoms with Crippen LogP contribution in [-0.2, 0) is 11.2 Å². The number of hydrogen-bond donors (Lipinski definition) is 0. The van der Waals surface area contributed by atoms with Crippen molar-refractivity contribution in [2.24, 2.45) is 5.92 Å². The molecule has 0 aliphatic carbocycles. The van der Waals surface area contributed by atoms with Gasteiger partial charge in [-0.15, -0.1) is 0 Å². The minimum Gasteiger partial charge on any atom is -0.347 e. The summed E-state index contributed by atoms with van der Waals surface area (Å²) in [5.74, 6) is 2.07. The molecular formula is C20H26N4OS. The van der Waals surface area contributed by atoms with Gasteiger partial charge in [0.15, 0.2) is 0 Å². The van der Waals surface area contributed by atoms with Crippen LogP contribution in [0.25, 0.3) is 0 Å². The molecule has 0 unspecified atom stereocenters. The molecule has 1 fully saturated rings. The van der Waals surface area contributed by atoms with Crippen LogP contribution in [0.2, 0.25) is 0 Å². The van der Waals surface area contributed by atoms with Gasteiger partial charge in [0.05, 0.1) is 0 Å². The number of carbonyl (C=O) groups is 1. The minimum atomic E-state index is 0.284. The van der Waals surface area contributed by atoms with Crippen molar-refractivity contribution in [3.8, 4) is 0 Å². The largest absolute Gasteiger partial charge is 0.347 e. The molecule has 1 aromatic heterocycles. The van der Waals surface area contributed by atoms with E-state index in [0.717, 1.165) is 55.5 Å². The highest BCUT2D eigenvalue weighted by molar-refractivity contribution is 7.09. The van der Waals surface area contributed by atoms with Crippen LogP contribution in [0.4, 0.5) is 10.8 Å². The second kappa shape index (κ2) is 7.35. The maximum atomic E-state index is 12.8. The fourth-order valence-electron chi connectivity index (χ4n) is 3.87. The molecule has 0 spiro atoms. The minimum absolute atomic E-state index is 0.284. The highest BCUT2D eigenvalue weighted by atomic mass is 32.1. The van der Waals surface area contributed by atoms with E-state index < -0.39 is 0 Å². The Hall–Kier alpha value is -1.95. The van der Waals surface area contributed by atoms with Gasteiger partial charge in [0.2, 0.25) is 11.0 Å². The van der Waals surface area contributed by atoms with E-state index in [1.807, 2.05) is 11.0 Å². The summed E-state index contributed by atoms with van der Waals surface area (Å²) >= 11 is 1.50. The molecule has 1 amide bonds. The first kappa shape index (κ1) is 17.5. The molecular weight excluding hydrogens is 344 g/mol. The zero-order valence-electron chi connectivity index (χ0n) is 15.5. The Kier molecular flexibility index (Phi) is 4.94. The summed E-state index contributed by atoms with van der Waals surface area (Å²) in [6.45, 7) is 7.03. The number of amides is 1. The van der Waals surface area contributed by atoms with Crippen LogP contribution in [0.5, 0.6) is 0 Å². The van der Waals surface area contributed by atoms with Gasteiger partial charge in [-0.1, -0.05) is 32.0 Å². The fraction of sp³-hybridized carbons (Fsp3) is 0.550. The van der Waals surface area contributed by atoms with Crippen molar-refractivity contribution in [3.63, 3.8) is 0 Å². The zero-order valence-corrected chi connectivity index (χ0v) is 16.3. The third-order valence-electron chi connectivity index (χ3n) is 5.48. The zero-order chi connectivity index (χ0) is 18.1. The Balaban J connectivity index is 1.32. The van der Waals surface area contributed by atoms with E-state index in [1.54, 1.807) is 0 Å². The van der Waals surface area contributed by atoms with Crippen molar-refractivity contribution >= 4 is 28.3 Å². The number of para-hydroxylation sites is 1. The molecule has 6 heteroatoms. The predicted octanol–water partition coefficient (Wildman–Crippen LogP) is 3.86. The highest BCUT2D eigenvalue weighted by Gasteiger charge is 2.28. The average molecular weight is 371 g/mol. The maximum Gasteiger partial charge on any atom is 0.227 e. The molecule has 0 N–H and O–H groups in total.